The largest absolute Gasteiger partial charge is 0.326 e. The van der Waals surface area contributed by atoms with Gasteiger partial charge in [-0.15, -0.1) is 10.2 Å². The first-order chi connectivity index (χ1) is 12.3. The zero-order chi connectivity index (χ0) is 17.1. The van der Waals surface area contributed by atoms with Crippen molar-refractivity contribution in [1.29, 1.82) is 0 Å². The number of fused-ring (bicyclic) bond motifs is 1. The number of nitrogens with zero attached hydrogens (tertiary/aromatic N) is 3. The van der Waals surface area contributed by atoms with E-state index in [1.165, 1.54) is 19.3 Å². The smallest absolute Gasteiger partial charge is 0.228 e. The average Bonchev–Trinajstić information content (AvgIpc) is 2.91. The van der Waals surface area contributed by atoms with E-state index in [9.17, 15) is 4.79 Å². The van der Waals surface area contributed by atoms with Gasteiger partial charge in [0.2, 0.25) is 5.91 Å². The van der Waals surface area contributed by atoms with Crippen molar-refractivity contribution < 1.29 is 4.79 Å². The summed E-state index contributed by atoms with van der Waals surface area (Å²) in [5, 5.41) is 15.1. The molecule has 1 amide bonds. The molecule has 2 aliphatic rings. The van der Waals surface area contributed by atoms with Crippen molar-refractivity contribution in [1.82, 2.24) is 20.1 Å². The van der Waals surface area contributed by atoms with Gasteiger partial charge < -0.3 is 15.2 Å². The lowest BCUT2D eigenvalue weighted by Gasteiger charge is -2.21. The number of rotatable bonds is 3. The fraction of sp³-hybridized carbons (Fsp3) is 0.526. The molecule has 2 aromatic rings. The van der Waals surface area contributed by atoms with Crippen molar-refractivity contribution in [2.75, 3.05) is 18.4 Å². The molecule has 0 radical (unpaired) electrons. The second-order valence-corrected chi connectivity index (χ2v) is 7.01. The molecule has 4 rings (SSSR count). The number of anilines is 1. The first-order valence-corrected chi connectivity index (χ1v) is 9.35. The fourth-order valence-electron chi connectivity index (χ4n) is 3.72. The van der Waals surface area contributed by atoms with Gasteiger partial charge in [-0.2, -0.15) is 0 Å². The summed E-state index contributed by atoms with van der Waals surface area (Å²) in [6, 6.07) is 7.97. The molecule has 6 heteroatoms. The van der Waals surface area contributed by atoms with Crippen LogP contribution >= 0.6 is 0 Å². The normalized spacial score (nSPS) is 20.6. The van der Waals surface area contributed by atoms with E-state index in [4.69, 9.17) is 0 Å². The molecule has 0 saturated carbocycles. The molecular formula is C19H25N5O. The fourth-order valence-corrected chi connectivity index (χ4v) is 3.72. The van der Waals surface area contributed by atoms with E-state index in [1.807, 2.05) is 24.3 Å². The molecule has 2 aliphatic heterocycles. The van der Waals surface area contributed by atoms with Gasteiger partial charge in [0.1, 0.15) is 5.82 Å². The van der Waals surface area contributed by atoms with Gasteiger partial charge in [0.15, 0.2) is 5.82 Å². The number of hydrogen-bond donors (Lipinski definition) is 2. The van der Waals surface area contributed by atoms with Crippen molar-refractivity contribution in [3.8, 4) is 11.4 Å². The highest BCUT2D eigenvalue weighted by atomic mass is 16.1. The maximum Gasteiger partial charge on any atom is 0.228 e. The third-order valence-electron chi connectivity index (χ3n) is 5.19. The molecule has 1 aromatic carbocycles. The molecular weight excluding hydrogens is 314 g/mol. The average molecular weight is 339 g/mol. The van der Waals surface area contributed by atoms with Crippen LogP contribution in [0, 0.1) is 5.92 Å². The Labute approximate surface area is 148 Å². The second-order valence-electron chi connectivity index (χ2n) is 7.01. The summed E-state index contributed by atoms with van der Waals surface area (Å²) in [5.74, 6) is 2.21. The standard InChI is InChI=1S/C19H25N5O/c25-19(15-5-4-11-20-13-15)21-16-9-7-14(8-10-16)18-23-22-17-6-2-1-3-12-24(17)18/h7-10,15,20H,1-6,11-13H2,(H,21,25). The van der Waals surface area contributed by atoms with Gasteiger partial charge in [-0.05, 0) is 56.5 Å². The Morgan fingerprint density at radius 1 is 1.12 bits per heavy atom. The summed E-state index contributed by atoms with van der Waals surface area (Å²) >= 11 is 0. The maximum absolute atomic E-state index is 12.3. The van der Waals surface area contributed by atoms with Crippen LogP contribution in [0.1, 0.15) is 37.9 Å². The summed E-state index contributed by atoms with van der Waals surface area (Å²) in [6.45, 7) is 2.78. The minimum absolute atomic E-state index is 0.0701. The molecule has 2 N–H and O–H groups in total. The van der Waals surface area contributed by atoms with Gasteiger partial charge in [0, 0.05) is 30.8 Å². The molecule has 0 spiro atoms. The topological polar surface area (TPSA) is 71.8 Å². The Hall–Kier alpha value is -2.21. The summed E-state index contributed by atoms with van der Waals surface area (Å²) in [7, 11) is 0. The number of piperidine rings is 1. The number of nitrogens with one attached hydrogen (secondary N) is 2. The van der Waals surface area contributed by atoms with Gasteiger partial charge in [0.25, 0.3) is 0 Å². The molecule has 25 heavy (non-hydrogen) atoms. The molecule has 0 aliphatic carbocycles. The van der Waals surface area contributed by atoms with E-state index in [0.717, 1.165) is 61.8 Å². The van der Waals surface area contributed by atoms with Crippen LogP contribution in [0.3, 0.4) is 0 Å². The van der Waals surface area contributed by atoms with E-state index >= 15 is 0 Å². The number of benzene rings is 1. The Balaban J connectivity index is 1.47. The lowest BCUT2D eigenvalue weighted by Crippen LogP contribution is -2.37. The molecule has 132 valence electrons. The molecule has 1 fully saturated rings. The molecule has 1 aromatic heterocycles. The van der Waals surface area contributed by atoms with E-state index in [0.29, 0.717) is 0 Å². The van der Waals surface area contributed by atoms with E-state index in [-0.39, 0.29) is 11.8 Å². The summed E-state index contributed by atoms with van der Waals surface area (Å²) in [6.07, 6.45) is 6.67. The summed E-state index contributed by atoms with van der Waals surface area (Å²) < 4.78 is 2.24. The third-order valence-corrected chi connectivity index (χ3v) is 5.19. The predicted octanol–water partition coefficient (Wildman–Crippen LogP) is 2.61. The summed E-state index contributed by atoms with van der Waals surface area (Å²) in [4.78, 5) is 12.3. The van der Waals surface area contributed by atoms with Crippen molar-refractivity contribution >= 4 is 11.6 Å². The van der Waals surface area contributed by atoms with Crippen LogP contribution in [0.25, 0.3) is 11.4 Å². The highest BCUT2D eigenvalue weighted by molar-refractivity contribution is 5.93. The Morgan fingerprint density at radius 3 is 2.80 bits per heavy atom. The number of carbonyl (C=O) groups is 1. The van der Waals surface area contributed by atoms with Gasteiger partial charge in [-0.25, -0.2) is 0 Å². The monoisotopic (exact) mass is 339 g/mol. The number of carbonyl (C=O) groups excluding carboxylic acids is 1. The van der Waals surface area contributed by atoms with Crippen molar-refractivity contribution in [2.45, 2.75) is 45.1 Å². The van der Waals surface area contributed by atoms with E-state index < -0.39 is 0 Å². The Bertz CT molecular complexity index is 731. The van der Waals surface area contributed by atoms with Crippen LogP contribution in [0.5, 0.6) is 0 Å². The Morgan fingerprint density at radius 2 is 2.00 bits per heavy atom. The van der Waals surface area contributed by atoms with Gasteiger partial charge >= 0.3 is 0 Å². The second kappa shape index (κ2) is 7.35. The van der Waals surface area contributed by atoms with Crippen LogP contribution in [0.15, 0.2) is 24.3 Å². The first-order valence-electron chi connectivity index (χ1n) is 9.35. The minimum Gasteiger partial charge on any atom is -0.326 e. The zero-order valence-electron chi connectivity index (χ0n) is 14.5. The lowest BCUT2D eigenvalue weighted by atomic mass is 9.99. The lowest BCUT2D eigenvalue weighted by molar-refractivity contribution is -0.120. The number of hydrogen-bond acceptors (Lipinski definition) is 4. The van der Waals surface area contributed by atoms with Crippen LogP contribution < -0.4 is 10.6 Å². The highest BCUT2D eigenvalue weighted by Gasteiger charge is 2.21. The van der Waals surface area contributed by atoms with E-state index in [2.05, 4.69) is 25.4 Å². The first kappa shape index (κ1) is 16.3. The minimum atomic E-state index is 0.0701. The molecule has 1 unspecified atom stereocenters. The van der Waals surface area contributed by atoms with Crippen molar-refractivity contribution in [2.24, 2.45) is 5.92 Å². The maximum atomic E-state index is 12.3. The van der Waals surface area contributed by atoms with Crippen molar-refractivity contribution in [3.05, 3.63) is 30.1 Å². The van der Waals surface area contributed by atoms with Gasteiger partial charge in [-0.3, -0.25) is 4.79 Å². The van der Waals surface area contributed by atoms with Gasteiger partial charge in [0.05, 0.1) is 5.92 Å². The van der Waals surface area contributed by atoms with Gasteiger partial charge in [-0.1, -0.05) is 6.42 Å². The van der Waals surface area contributed by atoms with Crippen LogP contribution in [0.2, 0.25) is 0 Å². The number of aryl methyl sites for hydroxylation is 1. The van der Waals surface area contributed by atoms with Crippen LogP contribution in [-0.4, -0.2) is 33.8 Å². The van der Waals surface area contributed by atoms with Crippen LogP contribution in [0.4, 0.5) is 5.69 Å². The molecule has 3 heterocycles. The van der Waals surface area contributed by atoms with Crippen LogP contribution in [-0.2, 0) is 17.8 Å². The van der Waals surface area contributed by atoms with Crippen molar-refractivity contribution in [3.63, 3.8) is 0 Å². The molecule has 1 atom stereocenters. The third kappa shape index (κ3) is 3.58. The molecule has 6 nitrogen and oxygen atoms in total. The number of amides is 1. The highest BCUT2D eigenvalue weighted by Crippen LogP contribution is 2.24. The zero-order valence-corrected chi connectivity index (χ0v) is 14.5. The summed E-state index contributed by atoms with van der Waals surface area (Å²) in [5.41, 5.74) is 1.90. The molecule has 1 saturated heterocycles. The SMILES string of the molecule is O=C(Nc1ccc(-c2nnc3n2CCCCC3)cc1)C1CCCNC1. The number of aromatic nitrogens is 3. The Kier molecular flexibility index (Phi) is 4.78. The van der Waals surface area contributed by atoms with E-state index in [1.54, 1.807) is 0 Å². The molecule has 0 bridgehead atoms. The quantitative estimate of drug-likeness (QED) is 0.902. The predicted molar refractivity (Wildman–Crippen MR) is 97.2 cm³/mol.